The number of para-hydroxylation sites is 1. The van der Waals surface area contributed by atoms with Crippen LogP contribution in [0, 0.1) is 13.8 Å². The Hall–Kier alpha value is -2.93. The number of esters is 1. The lowest BCUT2D eigenvalue weighted by molar-refractivity contribution is -0.136. The van der Waals surface area contributed by atoms with Crippen LogP contribution in [-0.4, -0.2) is 47.9 Å². The van der Waals surface area contributed by atoms with Crippen LogP contribution in [0.4, 0.5) is 5.69 Å². The predicted molar refractivity (Wildman–Crippen MR) is 111 cm³/mol. The quantitative estimate of drug-likeness (QED) is 0.552. The number of pyridine rings is 1. The molecule has 1 aromatic carbocycles. The van der Waals surface area contributed by atoms with Gasteiger partial charge >= 0.3 is 5.97 Å². The maximum Gasteiger partial charge on any atom is 0.342 e. The molecule has 0 aliphatic carbocycles. The number of ether oxygens (including phenoxy) is 1. The molecule has 29 heavy (non-hydrogen) atoms. The van der Waals surface area contributed by atoms with Crippen molar-refractivity contribution in [3.8, 4) is 0 Å². The van der Waals surface area contributed by atoms with Gasteiger partial charge in [0.15, 0.2) is 6.61 Å². The number of likely N-dealkylation sites (N-methyl/N-ethyl adjacent to an activating group) is 1. The van der Waals surface area contributed by atoms with Crippen molar-refractivity contribution < 1.29 is 19.1 Å². The number of nitrogens with one attached hydrogen (secondary N) is 1. The summed E-state index contributed by atoms with van der Waals surface area (Å²) in [5.41, 5.74) is 3.13. The summed E-state index contributed by atoms with van der Waals surface area (Å²) in [5.74, 6) is -1.58. The highest BCUT2D eigenvalue weighted by Gasteiger charge is 2.20. The number of hydrogen-bond donors (Lipinski definition) is 1. The van der Waals surface area contributed by atoms with Crippen LogP contribution in [-0.2, 0) is 20.7 Å². The molecule has 7 nitrogen and oxygen atoms in total. The van der Waals surface area contributed by atoms with E-state index >= 15 is 0 Å². The van der Waals surface area contributed by atoms with E-state index in [1.807, 2.05) is 31.2 Å². The van der Waals surface area contributed by atoms with E-state index in [9.17, 15) is 14.4 Å². The smallest absolute Gasteiger partial charge is 0.342 e. The third kappa shape index (κ3) is 6.02. The predicted octanol–water partition coefficient (Wildman–Crippen LogP) is 3.17. The lowest BCUT2D eigenvalue weighted by Crippen LogP contribution is -2.37. The van der Waals surface area contributed by atoms with Gasteiger partial charge in [-0.2, -0.15) is 0 Å². The first kappa shape index (κ1) is 22.4. The third-order valence-corrected chi connectivity index (χ3v) is 4.58. The molecule has 0 unspecified atom stereocenters. The number of aromatic nitrogens is 1. The van der Waals surface area contributed by atoms with E-state index in [1.165, 1.54) is 11.9 Å². The van der Waals surface area contributed by atoms with Crippen LogP contribution >= 0.6 is 11.6 Å². The second-order valence-electron chi connectivity index (χ2n) is 6.63. The van der Waals surface area contributed by atoms with E-state index < -0.39 is 18.5 Å². The Balaban J connectivity index is 1.90. The number of rotatable bonds is 7. The van der Waals surface area contributed by atoms with Gasteiger partial charge < -0.3 is 15.0 Å². The average molecular weight is 418 g/mol. The number of carbonyl (C=O) groups excluding carboxylic acids is 3. The van der Waals surface area contributed by atoms with Crippen LogP contribution in [0.5, 0.6) is 0 Å². The van der Waals surface area contributed by atoms with Gasteiger partial charge in [-0.05, 0) is 43.5 Å². The molecule has 1 aromatic heterocycles. The molecule has 0 aliphatic rings. The van der Waals surface area contributed by atoms with E-state index in [4.69, 9.17) is 16.3 Å². The van der Waals surface area contributed by atoms with Gasteiger partial charge in [0.1, 0.15) is 5.15 Å². The summed E-state index contributed by atoms with van der Waals surface area (Å²) in [6, 6.07) is 9.17. The van der Waals surface area contributed by atoms with Crippen molar-refractivity contribution in [3.63, 3.8) is 0 Å². The summed E-state index contributed by atoms with van der Waals surface area (Å²) in [6.07, 6.45) is 0.775. The molecular weight excluding hydrogens is 394 g/mol. The topological polar surface area (TPSA) is 88.6 Å². The highest BCUT2D eigenvalue weighted by atomic mass is 35.5. The van der Waals surface area contributed by atoms with E-state index in [1.54, 1.807) is 19.9 Å². The first-order chi connectivity index (χ1) is 13.7. The monoisotopic (exact) mass is 417 g/mol. The van der Waals surface area contributed by atoms with Gasteiger partial charge in [-0.1, -0.05) is 36.7 Å². The lowest BCUT2D eigenvalue weighted by atomic mass is 10.1. The molecule has 2 rings (SSSR count). The second-order valence-corrected chi connectivity index (χ2v) is 6.99. The highest BCUT2D eigenvalue weighted by molar-refractivity contribution is 6.32. The van der Waals surface area contributed by atoms with Gasteiger partial charge in [-0.15, -0.1) is 0 Å². The van der Waals surface area contributed by atoms with Crippen molar-refractivity contribution in [2.24, 2.45) is 0 Å². The Labute approximate surface area is 175 Å². The summed E-state index contributed by atoms with van der Waals surface area (Å²) in [7, 11) is 1.47. The Bertz CT molecular complexity index is 907. The van der Waals surface area contributed by atoms with E-state index in [2.05, 4.69) is 10.3 Å². The maximum atomic E-state index is 12.3. The van der Waals surface area contributed by atoms with Crippen molar-refractivity contribution in [2.75, 3.05) is 25.5 Å². The molecule has 2 amide bonds. The van der Waals surface area contributed by atoms with Crippen molar-refractivity contribution in [2.45, 2.75) is 27.2 Å². The molecular formula is C21H24ClN3O4. The van der Waals surface area contributed by atoms with E-state index in [-0.39, 0.29) is 23.2 Å². The molecule has 8 heteroatoms. The molecule has 1 N–H and O–H groups in total. The first-order valence-corrected chi connectivity index (χ1v) is 9.53. The molecule has 2 aromatic rings. The Morgan fingerprint density at radius 2 is 1.90 bits per heavy atom. The Morgan fingerprint density at radius 1 is 1.21 bits per heavy atom. The Morgan fingerprint density at radius 3 is 2.55 bits per heavy atom. The third-order valence-electron chi connectivity index (χ3n) is 4.31. The largest absolute Gasteiger partial charge is 0.452 e. The molecule has 0 saturated carbocycles. The molecule has 0 atom stereocenters. The zero-order valence-corrected chi connectivity index (χ0v) is 17.7. The van der Waals surface area contributed by atoms with Crippen molar-refractivity contribution in [1.82, 2.24) is 9.88 Å². The summed E-state index contributed by atoms with van der Waals surface area (Å²) < 4.78 is 5.06. The van der Waals surface area contributed by atoms with E-state index in [0.29, 0.717) is 16.9 Å². The van der Waals surface area contributed by atoms with Crippen LogP contribution in [0.25, 0.3) is 0 Å². The Kier molecular flexibility index (Phi) is 7.73. The lowest BCUT2D eigenvalue weighted by Gasteiger charge is -2.18. The number of nitrogens with zero attached hydrogens (tertiary/aromatic N) is 2. The molecule has 0 saturated heterocycles. The maximum absolute atomic E-state index is 12.3. The zero-order chi connectivity index (χ0) is 21.6. The molecule has 154 valence electrons. The molecule has 0 aliphatic heterocycles. The molecule has 0 spiro atoms. The van der Waals surface area contributed by atoms with Gasteiger partial charge in [0.25, 0.3) is 5.91 Å². The first-order valence-electron chi connectivity index (χ1n) is 9.15. The number of hydrogen-bond acceptors (Lipinski definition) is 5. The summed E-state index contributed by atoms with van der Waals surface area (Å²) in [6.45, 7) is 4.80. The standard InChI is InChI=1S/C21H24ClN3O4/c1-5-15-8-6-7-9-16(15)24-17(26)11-25(4)18(27)12-29-21(28)19-13(2)10-14(3)23-20(19)22/h6-10H,5,11-12H2,1-4H3,(H,24,26). The number of amides is 2. The van der Waals surface area contributed by atoms with Crippen LogP contribution < -0.4 is 5.32 Å². The minimum absolute atomic E-state index is 0.0299. The number of benzene rings is 1. The number of anilines is 1. The zero-order valence-electron chi connectivity index (χ0n) is 16.9. The summed E-state index contributed by atoms with van der Waals surface area (Å²) >= 11 is 6.02. The van der Waals surface area contributed by atoms with Gasteiger partial charge in [0, 0.05) is 18.4 Å². The van der Waals surface area contributed by atoms with Crippen LogP contribution in [0.2, 0.25) is 5.15 Å². The highest BCUT2D eigenvalue weighted by Crippen LogP contribution is 2.20. The summed E-state index contributed by atoms with van der Waals surface area (Å²) in [5, 5.41) is 2.82. The number of halogens is 1. The van der Waals surface area contributed by atoms with Crippen molar-refractivity contribution >= 4 is 35.1 Å². The van der Waals surface area contributed by atoms with Crippen LogP contribution in [0.15, 0.2) is 30.3 Å². The van der Waals surface area contributed by atoms with Crippen molar-refractivity contribution in [1.29, 1.82) is 0 Å². The van der Waals surface area contributed by atoms with Gasteiger partial charge in [0.05, 0.1) is 12.1 Å². The number of carbonyl (C=O) groups is 3. The van der Waals surface area contributed by atoms with Crippen molar-refractivity contribution in [3.05, 3.63) is 57.9 Å². The molecule has 0 fully saturated rings. The van der Waals surface area contributed by atoms with Gasteiger partial charge in [0.2, 0.25) is 5.91 Å². The fraction of sp³-hybridized carbons (Fsp3) is 0.333. The molecule has 0 bridgehead atoms. The fourth-order valence-electron chi connectivity index (χ4n) is 2.79. The van der Waals surface area contributed by atoms with Crippen LogP contribution in [0.3, 0.4) is 0 Å². The fourth-order valence-corrected chi connectivity index (χ4v) is 3.15. The van der Waals surface area contributed by atoms with Crippen LogP contribution in [0.1, 0.15) is 34.1 Å². The second kappa shape index (κ2) is 10.0. The molecule has 0 radical (unpaired) electrons. The minimum atomic E-state index is -0.733. The van der Waals surface area contributed by atoms with E-state index in [0.717, 1.165) is 12.0 Å². The average Bonchev–Trinajstić information content (AvgIpc) is 2.65. The summed E-state index contributed by atoms with van der Waals surface area (Å²) in [4.78, 5) is 42.0. The number of aryl methyl sites for hydroxylation is 3. The van der Waals surface area contributed by atoms with Gasteiger partial charge in [-0.25, -0.2) is 9.78 Å². The normalized spacial score (nSPS) is 10.4. The SMILES string of the molecule is CCc1ccccc1NC(=O)CN(C)C(=O)COC(=O)c1c(C)cc(C)nc1Cl. The molecule has 1 heterocycles. The van der Waals surface area contributed by atoms with Gasteiger partial charge in [-0.3, -0.25) is 9.59 Å². The minimum Gasteiger partial charge on any atom is -0.452 e.